The van der Waals surface area contributed by atoms with Crippen molar-refractivity contribution in [3.05, 3.63) is 47.3 Å². The zero-order valence-corrected chi connectivity index (χ0v) is 16.9. The van der Waals surface area contributed by atoms with Gasteiger partial charge in [0.25, 0.3) is 5.91 Å². The zero-order valence-electron chi connectivity index (χ0n) is 16.9. The number of hydrogen-bond acceptors (Lipinski definition) is 6. The second-order valence-corrected chi connectivity index (χ2v) is 8.07. The quantitative estimate of drug-likeness (QED) is 0.833. The molecule has 4 rings (SSSR count). The van der Waals surface area contributed by atoms with Gasteiger partial charge in [-0.3, -0.25) is 9.69 Å². The first-order chi connectivity index (χ1) is 14.1. The van der Waals surface area contributed by atoms with Gasteiger partial charge in [-0.1, -0.05) is 17.3 Å². The van der Waals surface area contributed by atoms with Gasteiger partial charge >= 0.3 is 0 Å². The summed E-state index contributed by atoms with van der Waals surface area (Å²) >= 11 is 0. The molecule has 1 N–H and O–H groups in total. The van der Waals surface area contributed by atoms with Crippen LogP contribution in [0.3, 0.4) is 0 Å². The average Bonchev–Trinajstić information content (AvgIpc) is 3.24. The molecule has 29 heavy (non-hydrogen) atoms. The lowest BCUT2D eigenvalue weighted by molar-refractivity contribution is 0.0441. The highest BCUT2D eigenvalue weighted by molar-refractivity contribution is 5.91. The van der Waals surface area contributed by atoms with Crippen molar-refractivity contribution in [2.24, 2.45) is 0 Å². The number of methoxy groups -OCH3 is 1. The number of ether oxygens (including phenoxy) is 1. The predicted octanol–water partition coefficient (Wildman–Crippen LogP) is 2.66. The number of piperidine rings is 2. The summed E-state index contributed by atoms with van der Waals surface area (Å²) in [5.74, 6) is 1.32. The van der Waals surface area contributed by atoms with Crippen molar-refractivity contribution in [1.82, 2.24) is 15.0 Å². The van der Waals surface area contributed by atoms with Crippen molar-refractivity contribution in [2.45, 2.75) is 44.2 Å². The van der Waals surface area contributed by atoms with E-state index in [1.807, 2.05) is 12.1 Å². The summed E-state index contributed by atoms with van der Waals surface area (Å²) in [5.41, 5.74) is 2.12. The second-order valence-electron chi connectivity index (χ2n) is 8.07. The van der Waals surface area contributed by atoms with Crippen LogP contribution < -0.4 is 4.74 Å². The molecule has 0 unspecified atom stereocenters. The normalized spacial score (nSPS) is 21.3. The van der Waals surface area contributed by atoms with E-state index < -0.39 is 6.10 Å². The first-order valence-corrected chi connectivity index (χ1v) is 10.4. The Hall–Kier alpha value is -2.38. The maximum atomic E-state index is 12.6. The topological polar surface area (TPSA) is 79.0 Å². The number of amides is 1. The van der Waals surface area contributed by atoms with E-state index in [-0.39, 0.29) is 11.7 Å². The summed E-state index contributed by atoms with van der Waals surface area (Å²) in [4.78, 5) is 16.7. The van der Waals surface area contributed by atoms with Crippen molar-refractivity contribution in [2.75, 3.05) is 33.3 Å². The van der Waals surface area contributed by atoms with Gasteiger partial charge in [0, 0.05) is 31.6 Å². The molecule has 0 radical (unpaired) electrons. The van der Waals surface area contributed by atoms with Crippen molar-refractivity contribution in [3.8, 4) is 5.75 Å². The highest BCUT2D eigenvalue weighted by Crippen LogP contribution is 2.29. The number of rotatable bonds is 5. The standard InChI is InChI=1S/C22H29N3O4/c1-28-19-6-2-4-16(12-19)14-24-10-7-17(8-11-24)20-13-21(29-23-20)22(27)25-9-3-5-18(26)15-25/h2,4,6,12-13,17-18,26H,3,5,7-11,14-15H2,1H3/t18-/m0/s1. The Labute approximate surface area is 171 Å². The minimum Gasteiger partial charge on any atom is -0.497 e. The fourth-order valence-electron chi connectivity index (χ4n) is 4.29. The molecule has 1 aromatic heterocycles. The molecular formula is C22H29N3O4. The van der Waals surface area contributed by atoms with E-state index in [0.717, 1.165) is 56.8 Å². The van der Waals surface area contributed by atoms with Crippen LogP contribution in [-0.4, -0.2) is 65.4 Å². The lowest BCUT2D eigenvalue weighted by Crippen LogP contribution is -2.42. The van der Waals surface area contributed by atoms with Gasteiger partial charge in [0.05, 0.1) is 18.9 Å². The number of carbonyl (C=O) groups excluding carboxylic acids is 1. The molecule has 156 valence electrons. The van der Waals surface area contributed by atoms with Crippen molar-refractivity contribution < 1.29 is 19.2 Å². The van der Waals surface area contributed by atoms with E-state index in [4.69, 9.17) is 9.26 Å². The number of aromatic nitrogens is 1. The lowest BCUT2D eigenvalue weighted by atomic mass is 9.93. The Kier molecular flexibility index (Phi) is 6.16. The number of nitrogens with zero attached hydrogens (tertiary/aromatic N) is 3. The Morgan fingerprint density at radius 1 is 1.24 bits per heavy atom. The highest BCUT2D eigenvalue weighted by atomic mass is 16.5. The third-order valence-corrected chi connectivity index (χ3v) is 5.97. The molecule has 2 aliphatic rings. The molecule has 7 nitrogen and oxygen atoms in total. The van der Waals surface area contributed by atoms with E-state index in [1.54, 1.807) is 18.1 Å². The van der Waals surface area contributed by atoms with Crippen LogP contribution in [0.5, 0.6) is 5.75 Å². The molecule has 2 aliphatic heterocycles. The first kappa shape index (κ1) is 19.9. The number of aliphatic hydroxyl groups excluding tert-OH is 1. The van der Waals surface area contributed by atoms with Gasteiger partial charge in [0.1, 0.15) is 5.75 Å². The molecule has 2 aromatic rings. The van der Waals surface area contributed by atoms with Gasteiger partial charge in [-0.2, -0.15) is 0 Å². The van der Waals surface area contributed by atoms with Gasteiger partial charge in [-0.05, 0) is 56.5 Å². The molecule has 3 heterocycles. The van der Waals surface area contributed by atoms with Gasteiger partial charge in [0.2, 0.25) is 5.76 Å². The molecule has 0 aliphatic carbocycles. The maximum absolute atomic E-state index is 12.6. The number of hydrogen-bond donors (Lipinski definition) is 1. The Balaban J connectivity index is 1.31. The van der Waals surface area contributed by atoms with Gasteiger partial charge in [-0.15, -0.1) is 0 Å². The highest BCUT2D eigenvalue weighted by Gasteiger charge is 2.28. The lowest BCUT2D eigenvalue weighted by Gasteiger charge is -2.31. The molecule has 1 atom stereocenters. The van der Waals surface area contributed by atoms with E-state index in [9.17, 15) is 9.90 Å². The third kappa shape index (κ3) is 4.79. The number of β-amino-alcohol motifs (C(OH)–C–C–N with tert-alkyl or cyclic N) is 1. The zero-order chi connectivity index (χ0) is 20.2. The molecule has 1 aromatic carbocycles. The fourth-order valence-corrected chi connectivity index (χ4v) is 4.29. The van der Waals surface area contributed by atoms with Crippen molar-refractivity contribution in [3.63, 3.8) is 0 Å². The SMILES string of the molecule is COc1cccc(CN2CCC(c3cc(C(=O)N4CCC[C@H](O)C4)on3)CC2)c1. The summed E-state index contributed by atoms with van der Waals surface area (Å²) in [6, 6.07) is 9.99. The number of benzene rings is 1. The molecule has 2 fully saturated rings. The van der Waals surface area contributed by atoms with Crippen LogP contribution in [0.2, 0.25) is 0 Å². The van der Waals surface area contributed by atoms with Crippen molar-refractivity contribution >= 4 is 5.91 Å². The molecule has 1 amide bonds. The Morgan fingerprint density at radius 3 is 2.83 bits per heavy atom. The van der Waals surface area contributed by atoms with Crippen LogP contribution in [0.25, 0.3) is 0 Å². The summed E-state index contributed by atoms with van der Waals surface area (Å²) in [5, 5.41) is 14.0. The van der Waals surface area contributed by atoms with E-state index in [0.29, 0.717) is 19.0 Å². The van der Waals surface area contributed by atoms with Crippen LogP contribution >= 0.6 is 0 Å². The van der Waals surface area contributed by atoms with Crippen LogP contribution in [0, 0.1) is 0 Å². The molecule has 2 saturated heterocycles. The van der Waals surface area contributed by atoms with Gasteiger partial charge in [-0.25, -0.2) is 0 Å². The number of likely N-dealkylation sites (tertiary alicyclic amines) is 2. The monoisotopic (exact) mass is 399 g/mol. The third-order valence-electron chi connectivity index (χ3n) is 5.97. The molecule has 0 saturated carbocycles. The number of carbonyl (C=O) groups is 1. The van der Waals surface area contributed by atoms with E-state index in [2.05, 4.69) is 22.2 Å². The first-order valence-electron chi connectivity index (χ1n) is 10.4. The van der Waals surface area contributed by atoms with Crippen LogP contribution in [-0.2, 0) is 6.54 Å². The average molecular weight is 399 g/mol. The largest absolute Gasteiger partial charge is 0.497 e. The van der Waals surface area contributed by atoms with E-state index in [1.165, 1.54) is 5.56 Å². The summed E-state index contributed by atoms with van der Waals surface area (Å²) in [7, 11) is 1.69. The summed E-state index contributed by atoms with van der Waals surface area (Å²) in [6.07, 6.45) is 3.11. The summed E-state index contributed by atoms with van der Waals surface area (Å²) in [6.45, 7) is 3.91. The fraction of sp³-hybridized carbons (Fsp3) is 0.545. The van der Waals surface area contributed by atoms with Crippen LogP contribution in [0.4, 0.5) is 0 Å². The molecular weight excluding hydrogens is 370 g/mol. The van der Waals surface area contributed by atoms with Crippen LogP contribution in [0.15, 0.2) is 34.9 Å². The predicted molar refractivity (Wildman–Crippen MR) is 108 cm³/mol. The second kappa shape index (κ2) is 8.97. The molecule has 0 spiro atoms. The minimum absolute atomic E-state index is 0.169. The number of aliphatic hydroxyl groups is 1. The Morgan fingerprint density at radius 2 is 2.07 bits per heavy atom. The molecule has 0 bridgehead atoms. The van der Waals surface area contributed by atoms with Gasteiger partial charge < -0.3 is 19.3 Å². The summed E-state index contributed by atoms with van der Waals surface area (Å²) < 4.78 is 10.7. The maximum Gasteiger partial charge on any atom is 0.292 e. The van der Waals surface area contributed by atoms with Crippen LogP contribution in [0.1, 0.15) is 53.4 Å². The minimum atomic E-state index is -0.441. The Bertz CT molecular complexity index is 829. The van der Waals surface area contributed by atoms with Gasteiger partial charge in [0.15, 0.2) is 0 Å². The smallest absolute Gasteiger partial charge is 0.292 e. The molecule has 7 heteroatoms. The van der Waals surface area contributed by atoms with E-state index >= 15 is 0 Å². The van der Waals surface area contributed by atoms with Crippen molar-refractivity contribution in [1.29, 1.82) is 0 Å².